The Kier molecular flexibility index (Phi) is 3.17. The molecule has 0 aliphatic rings. The fraction of sp³-hybridized carbons (Fsp3) is 0.0625. The molecule has 3 nitrogen and oxygen atoms in total. The number of aryl methyl sites for hydroxylation is 1. The molecule has 0 atom stereocenters. The molecule has 1 heterocycles. The molecule has 0 unspecified atom stereocenters. The third-order valence-corrected chi connectivity index (χ3v) is 3.40. The van der Waals surface area contributed by atoms with Gasteiger partial charge in [-0.1, -0.05) is 6.07 Å². The van der Waals surface area contributed by atoms with Gasteiger partial charge in [0.1, 0.15) is 11.5 Å². The highest BCUT2D eigenvalue weighted by molar-refractivity contribution is 6.01. The van der Waals surface area contributed by atoms with Gasteiger partial charge >= 0.3 is 0 Å². The van der Waals surface area contributed by atoms with Gasteiger partial charge in [-0.25, -0.2) is 8.78 Å². The van der Waals surface area contributed by atoms with Crippen molar-refractivity contribution < 1.29 is 8.78 Å². The summed E-state index contributed by atoms with van der Waals surface area (Å²) in [6.45, 7) is 1.59. The minimum absolute atomic E-state index is 0.169. The maximum atomic E-state index is 14.1. The first-order valence-electron chi connectivity index (χ1n) is 6.42. The predicted octanol–water partition coefficient (Wildman–Crippen LogP) is 4.15. The number of anilines is 3. The Morgan fingerprint density at radius 3 is 2.67 bits per heavy atom. The van der Waals surface area contributed by atoms with Crippen molar-refractivity contribution in [2.45, 2.75) is 6.92 Å². The molecule has 106 valence electrons. The lowest BCUT2D eigenvalue weighted by Crippen LogP contribution is -2.00. The van der Waals surface area contributed by atoms with E-state index in [9.17, 15) is 8.78 Å². The van der Waals surface area contributed by atoms with Crippen molar-refractivity contribution in [2.24, 2.45) is 0 Å². The van der Waals surface area contributed by atoms with E-state index in [0.717, 1.165) is 10.8 Å². The first kappa shape index (κ1) is 13.3. The lowest BCUT2D eigenvalue weighted by Gasteiger charge is -2.13. The highest BCUT2D eigenvalue weighted by atomic mass is 19.1. The number of nitrogens with zero attached hydrogens (tertiary/aromatic N) is 1. The Morgan fingerprint density at radius 2 is 1.86 bits per heavy atom. The number of fused-ring (bicyclic) bond motifs is 1. The molecule has 3 aromatic rings. The molecule has 0 saturated carbocycles. The molecule has 0 fully saturated rings. The van der Waals surface area contributed by atoms with Crippen molar-refractivity contribution in [1.29, 1.82) is 0 Å². The maximum Gasteiger partial charge on any atom is 0.152 e. The molecule has 0 radical (unpaired) electrons. The minimum Gasteiger partial charge on any atom is -0.398 e. The Morgan fingerprint density at radius 1 is 1.05 bits per heavy atom. The summed E-state index contributed by atoms with van der Waals surface area (Å²) in [7, 11) is 0. The van der Waals surface area contributed by atoms with E-state index in [1.54, 1.807) is 37.5 Å². The summed E-state index contributed by atoms with van der Waals surface area (Å²) >= 11 is 0. The van der Waals surface area contributed by atoms with Crippen LogP contribution in [0.3, 0.4) is 0 Å². The number of hydrogen-bond acceptors (Lipinski definition) is 3. The second-order valence-corrected chi connectivity index (χ2v) is 4.80. The van der Waals surface area contributed by atoms with Crippen LogP contribution in [0.15, 0.2) is 42.7 Å². The molecule has 3 rings (SSSR count). The van der Waals surface area contributed by atoms with Crippen LogP contribution in [0.2, 0.25) is 0 Å². The number of nitrogen functional groups attached to an aromatic ring is 1. The van der Waals surface area contributed by atoms with E-state index < -0.39 is 11.6 Å². The van der Waals surface area contributed by atoms with Gasteiger partial charge < -0.3 is 11.1 Å². The number of hydrogen-bond donors (Lipinski definition) is 2. The van der Waals surface area contributed by atoms with Gasteiger partial charge in [-0.2, -0.15) is 0 Å². The molecular weight excluding hydrogens is 272 g/mol. The van der Waals surface area contributed by atoms with Crippen LogP contribution in [0, 0.1) is 18.6 Å². The highest BCUT2D eigenvalue weighted by Crippen LogP contribution is 2.32. The molecular formula is C16H13F2N3. The molecule has 0 spiro atoms. The van der Waals surface area contributed by atoms with Crippen LogP contribution in [0.1, 0.15) is 5.56 Å². The predicted molar refractivity (Wildman–Crippen MR) is 80.5 cm³/mol. The molecule has 1 aromatic heterocycles. The van der Waals surface area contributed by atoms with Gasteiger partial charge in [0.15, 0.2) is 5.82 Å². The van der Waals surface area contributed by atoms with Gasteiger partial charge in [-0.3, -0.25) is 4.98 Å². The molecule has 0 aliphatic carbocycles. The zero-order chi connectivity index (χ0) is 15.0. The topological polar surface area (TPSA) is 50.9 Å². The van der Waals surface area contributed by atoms with Crippen molar-refractivity contribution in [3.8, 4) is 0 Å². The number of nitrogens with two attached hydrogens (primary N) is 1. The molecule has 0 amide bonds. The van der Waals surface area contributed by atoms with E-state index in [-0.39, 0.29) is 5.69 Å². The van der Waals surface area contributed by atoms with Crippen molar-refractivity contribution >= 4 is 27.8 Å². The minimum atomic E-state index is -0.642. The summed E-state index contributed by atoms with van der Waals surface area (Å²) in [6.07, 6.45) is 3.23. The van der Waals surface area contributed by atoms with Gasteiger partial charge in [-0.15, -0.1) is 0 Å². The van der Waals surface area contributed by atoms with Gasteiger partial charge in [-0.05, 0) is 36.8 Å². The van der Waals surface area contributed by atoms with E-state index in [2.05, 4.69) is 10.3 Å². The fourth-order valence-electron chi connectivity index (χ4n) is 2.23. The third kappa shape index (κ3) is 2.27. The zero-order valence-electron chi connectivity index (χ0n) is 11.3. The number of rotatable bonds is 2. The Balaban J connectivity index is 2.16. The Labute approximate surface area is 120 Å². The van der Waals surface area contributed by atoms with Crippen molar-refractivity contribution in [1.82, 2.24) is 4.98 Å². The van der Waals surface area contributed by atoms with Crippen LogP contribution in [0.25, 0.3) is 10.8 Å². The quantitative estimate of drug-likeness (QED) is 0.695. The SMILES string of the molecule is Cc1ccc(F)c(Nc2ccc(N)c3cnccc23)c1F. The summed E-state index contributed by atoms with van der Waals surface area (Å²) in [6, 6.07) is 7.76. The largest absolute Gasteiger partial charge is 0.398 e. The van der Waals surface area contributed by atoms with Gasteiger partial charge in [0.25, 0.3) is 0 Å². The van der Waals surface area contributed by atoms with Crippen molar-refractivity contribution in [2.75, 3.05) is 11.1 Å². The lowest BCUT2D eigenvalue weighted by molar-refractivity contribution is 0.585. The average Bonchev–Trinajstić information content (AvgIpc) is 2.50. The third-order valence-electron chi connectivity index (χ3n) is 3.40. The van der Waals surface area contributed by atoms with E-state index in [1.165, 1.54) is 12.1 Å². The van der Waals surface area contributed by atoms with Crippen LogP contribution in [0.4, 0.5) is 25.8 Å². The van der Waals surface area contributed by atoms with Crippen molar-refractivity contribution in [3.63, 3.8) is 0 Å². The summed E-state index contributed by atoms with van der Waals surface area (Å²) in [5.74, 6) is -1.24. The second kappa shape index (κ2) is 5.01. The van der Waals surface area contributed by atoms with Crippen LogP contribution < -0.4 is 11.1 Å². The molecule has 0 aliphatic heterocycles. The fourth-order valence-corrected chi connectivity index (χ4v) is 2.23. The van der Waals surface area contributed by atoms with Crippen LogP contribution >= 0.6 is 0 Å². The maximum absolute atomic E-state index is 14.1. The summed E-state index contributed by atoms with van der Waals surface area (Å²) in [4.78, 5) is 4.02. The van der Waals surface area contributed by atoms with E-state index in [4.69, 9.17) is 5.73 Å². The average molecular weight is 285 g/mol. The zero-order valence-corrected chi connectivity index (χ0v) is 11.3. The number of aromatic nitrogens is 1. The van der Waals surface area contributed by atoms with E-state index in [0.29, 0.717) is 16.9 Å². The number of benzene rings is 2. The van der Waals surface area contributed by atoms with Gasteiger partial charge in [0, 0.05) is 34.5 Å². The molecule has 0 saturated heterocycles. The van der Waals surface area contributed by atoms with Crippen molar-refractivity contribution in [3.05, 3.63) is 59.9 Å². The van der Waals surface area contributed by atoms with E-state index >= 15 is 0 Å². The van der Waals surface area contributed by atoms with Gasteiger partial charge in [0.2, 0.25) is 0 Å². The number of halogens is 2. The standard InChI is InChI=1S/C16H13F2N3/c1-9-2-3-12(17)16(15(9)18)21-14-5-4-13(19)11-8-20-7-6-10(11)14/h2-8,21H,19H2,1H3. The van der Waals surface area contributed by atoms with Crippen LogP contribution in [-0.2, 0) is 0 Å². The Hall–Kier alpha value is -2.69. The normalized spacial score (nSPS) is 10.8. The second-order valence-electron chi connectivity index (χ2n) is 4.80. The summed E-state index contributed by atoms with van der Waals surface area (Å²) in [5, 5.41) is 4.31. The Bertz CT molecular complexity index is 831. The molecule has 3 N–H and O–H groups in total. The first-order valence-corrected chi connectivity index (χ1v) is 6.42. The lowest BCUT2D eigenvalue weighted by atomic mass is 10.1. The smallest absolute Gasteiger partial charge is 0.152 e. The van der Waals surface area contributed by atoms with E-state index in [1.807, 2.05) is 0 Å². The molecule has 2 aromatic carbocycles. The molecule has 21 heavy (non-hydrogen) atoms. The van der Waals surface area contributed by atoms with Crippen LogP contribution in [-0.4, -0.2) is 4.98 Å². The molecule has 0 bridgehead atoms. The monoisotopic (exact) mass is 285 g/mol. The first-order chi connectivity index (χ1) is 10.1. The number of pyridine rings is 1. The number of nitrogens with one attached hydrogen (secondary N) is 1. The highest BCUT2D eigenvalue weighted by Gasteiger charge is 2.13. The summed E-state index contributed by atoms with van der Waals surface area (Å²) in [5.41, 5.74) is 7.23. The van der Waals surface area contributed by atoms with Crippen LogP contribution in [0.5, 0.6) is 0 Å². The molecule has 5 heteroatoms. The van der Waals surface area contributed by atoms with Gasteiger partial charge in [0.05, 0.1) is 0 Å². The summed E-state index contributed by atoms with van der Waals surface area (Å²) < 4.78 is 27.9.